The van der Waals surface area contributed by atoms with Gasteiger partial charge >= 0.3 is 11.9 Å². The fourth-order valence-corrected chi connectivity index (χ4v) is 7.02. The average molecular weight is 843 g/mol. The van der Waals surface area contributed by atoms with Gasteiger partial charge in [0.05, 0.1) is 52.9 Å². The molecule has 1 heterocycles. The zero-order chi connectivity index (χ0) is 42.7. The fourth-order valence-electron chi connectivity index (χ4n) is 7.02. The van der Waals surface area contributed by atoms with Gasteiger partial charge in [-0.05, 0) is 90.4 Å². The molecule has 0 radical (unpaired) electrons. The molecule has 350 valence electrons. The van der Waals surface area contributed by atoms with Crippen LogP contribution in [0.4, 0.5) is 0 Å². The molecule has 1 rings (SSSR count). The van der Waals surface area contributed by atoms with Crippen molar-refractivity contribution in [2.45, 2.75) is 169 Å². The summed E-state index contributed by atoms with van der Waals surface area (Å²) in [6.45, 7) is 22.1. The first-order chi connectivity index (χ1) is 29.0. The van der Waals surface area contributed by atoms with E-state index in [0.29, 0.717) is 66.1 Å². The van der Waals surface area contributed by atoms with Crippen LogP contribution in [0.25, 0.3) is 0 Å². The minimum Gasteiger partial charge on any atom is -0.465 e. The second-order valence-corrected chi connectivity index (χ2v) is 16.7. The Morgan fingerprint density at radius 2 is 0.814 bits per heavy atom. The van der Waals surface area contributed by atoms with E-state index in [0.717, 1.165) is 142 Å². The summed E-state index contributed by atoms with van der Waals surface area (Å²) >= 11 is 0. The molecule has 0 aromatic heterocycles. The number of carbonyl (C=O) groups excluding carboxylic acids is 2. The highest BCUT2D eigenvalue weighted by Crippen LogP contribution is 2.12. The largest absolute Gasteiger partial charge is 0.465 e. The number of esters is 2. The molecular formula is C48H94N2O9. The third kappa shape index (κ3) is 34.9. The van der Waals surface area contributed by atoms with Gasteiger partial charge in [-0.15, -0.1) is 0 Å². The van der Waals surface area contributed by atoms with Gasteiger partial charge in [-0.2, -0.15) is 0 Å². The van der Waals surface area contributed by atoms with Crippen molar-refractivity contribution >= 4 is 11.9 Å². The quantitative estimate of drug-likeness (QED) is 0.0433. The number of nitrogens with zero attached hydrogens (tertiary/aromatic N) is 2. The van der Waals surface area contributed by atoms with E-state index < -0.39 is 0 Å². The van der Waals surface area contributed by atoms with E-state index in [1.54, 1.807) is 0 Å². The van der Waals surface area contributed by atoms with E-state index in [1.807, 2.05) is 0 Å². The molecule has 11 heteroatoms. The van der Waals surface area contributed by atoms with Gasteiger partial charge < -0.3 is 38.1 Å². The summed E-state index contributed by atoms with van der Waals surface area (Å²) in [4.78, 5) is 31.0. The van der Waals surface area contributed by atoms with E-state index in [2.05, 4.69) is 37.5 Å². The fraction of sp³-hybridized carbons (Fsp3) is 0.958. The predicted octanol–water partition coefficient (Wildman–Crippen LogP) is 9.67. The van der Waals surface area contributed by atoms with E-state index in [1.165, 1.54) is 51.4 Å². The molecule has 0 aromatic rings. The second-order valence-electron chi connectivity index (χ2n) is 16.7. The molecule has 1 aliphatic heterocycles. The van der Waals surface area contributed by atoms with Crippen LogP contribution in [0.2, 0.25) is 0 Å². The van der Waals surface area contributed by atoms with E-state index in [9.17, 15) is 9.59 Å². The van der Waals surface area contributed by atoms with E-state index in [-0.39, 0.29) is 23.8 Å². The van der Waals surface area contributed by atoms with Crippen LogP contribution >= 0.6 is 0 Å². The highest BCUT2D eigenvalue weighted by Gasteiger charge is 2.22. The number of ether oxygens (including phenoxy) is 7. The van der Waals surface area contributed by atoms with Gasteiger partial charge in [-0.25, -0.2) is 0 Å². The monoisotopic (exact) mass is 843 g/mol. The molecule has 11 nitrogen and oxygen atoms in total. The SMILES string of the molecule is CCCCCCOCC(COCCCC)C(=O)OCCCCCCN(CCCCCCOC(=O)C(COCCCC)COCCCCCC)CCCCN1CCOCC1. The maximum Gasteiger partial charge on any atom is 0.313 e. The lowest BCUT2D eigenvalue weighted by molar-refractivity contribution is -0.154. The first-order valence-corrected chi connectivity index (χ1v) is 24.7. The van der Waals surface area contributed by atoms with Crippen LogP contribution in [-0.4, -0.2) is 140 Å². The van der Waals surface area contributed by atoms with Crippen molar-refractivity contribution in [3.63, 3.8) is 0 Å². The smallest absolute Gasteiger partial charge is 0.313 e. The van der Waals surface area contributed by atoms with Gasteiger partial charge in [0.15, 0.2) is 0 Å². The van der Waals surface area contributed by atoms with Crippen LogP contribution in [0.3, 0.4) is 0 Å². The van der Waals surface area contributed by atoms with Crippen LogP contribution in [0.15, 0.2) is 0 Å². The Labute approximate surface area is 363 Å². The van der Waals surface area contributed by atoms with Crippen molar-refractivity contribution in [1.29, 1.82) is 0 Å². The summed E-state index contributed by atoms with van der Waals surface area (Å²) in [7, 11) is 0. The average Bonchev–Trinajstić information content (AvgIpc) is 3.25. The molecule has 2 atom stereocenters. The summed E-state index contributed by atoms with van der Waals surface area (Å²) in [6, 6.07) is 0. The summed E-state index contributed by atoms with van der Waals surface area (Å²) in [5.74, 6) is -1.09. The predicted molar refractivity (Wildman–Crippen MR) is 240 cm³/mol. The first-order valence-electron chi connectivity index (χ1n) is 24.7. The number of unbranched alkanes of at least 4 members (excludes halogenated alkanes) is 15. The normalized spacial score (nSPS) is 14.5. The van der Waals surface area contributed by atoms with Crippen molar-refractivity contribution < 1.29 is 42.7 Å². The molecule has 0 saturated carbocycles. The topological polar surface area (TPSA) is 105 Å². The van der Waals surface area contributed by atoms with Gasteiger partial charge in [-0.1, -0.05) is 105 Å². The van der Waals surface area contributed by atoms with Gasteiger partial charge in [0.1, 0.15) is 11.8 Å². The maximum absolute atomic E-state index is 12.9. The molecule has 2 unspecified atom stereocenters. The van der Waals surface area contributed by atoms with Crippen molar-refractivity contribution in [2.24, 2.45) is 11.8 Å². The highest BCUT2D eigenvalue weighted by molar-refractivity contribution is 5.73. The number of hydrogen-bond acceptors (Lipinski definition) is 11. The van der Waals surface area contributed by atoms with Crippen LogP contribution in [0.1, 0.15) is 169 Å². The van der Waals surface area contributed by atoms with Crippen LogP contribution in [-0.2, 0) is 42.7 Å². The Morgan fingerprint density at radius 1 is 0.458 bits per heavy atom. The van der Waals surface area contributed by atoms with Crippen LogP contribution in [0.5, 0.6) is 0 Å². The number of hydrogen-bond donors (Lipinski definition) is 0. The van der Waals surface area contributed by atoms with Gasteiger partial charge in [0.25, 0.3) is 0 Å². The molecule has 0 N–H and O–H groups in total. The molecular weight excluding hydrogens is 749 g/mol. The second kappa shape index (κ2) is 43.3. The first kappa shape index (κ1) is 55.7. The van der Waals surface area contributed by atoms with Crippen LogP contribution < -0.4 is 0 Å². The Balaban J connectivity index is 2.41. The number of morpholine rings is 1. The van der Waals surface area contributed by atoms with Crippen LogP contribution in [0, 0.1) is 11.8 Å². The Morgan fingerprint density at radius 3 is 1.24 bits per heavy atom. The molecule has 1 saturated heterocycles. The highest BCUT2D eigenvalue weighted by atomic mass is 16.5. The Hall–Kier alpha value is -1.34. The van der Waals surface area contributed by atoms with E-state index >= 15 is 0 Å². The minimum absolute atomic E-state index is 0.189. The zero-order valence-electron chi connectivity index (χ0n) is 39.0. The third-order valence-electron chi connectivity index (χ3n) is 11.0. The maximum atomic E-state index is 12.9. The molecule has 0 bridgehead atoms. The number of rotatable bonds is 45. The lowest BCUT2D eigenvalue weighted by atomic mass is 10.1. The van der Waals surface area contributed by atoms with Crippen molar-refractivity contribution in [3.8, 4) is 0 Å². The summed E-state index contributed by atoms with van der Waals surface area (Å²) < 4.78 is 40.2. The lowest BCUT2D eigenvalue weighted by Gasteiger charge is -2.27. The molecule has 1 fully saturated rings. The summed E-state index contributed by atoms with van der Waals surface area (Å²) in [6.07, 6.45) is 24.2. The van der Waals surface area contributed by atoms with Gasteiger partial charge in [-0.3, -0.25) is 14.5 Å². The molecule has 0 aromatic carbocycles. The summed E-state index contributed by atoms with van der Waals surface area (Å²) in [5, 5.41) is 0. The summed E-state index contributed by atoms with van der Waals surface area (Å²) in [5.41, 5.74) is 0. The molecule has 1 aliphatic rings. The zero-order valence-corrected chi connectivity index (χ0v) is 39.0. The molecule has 0 spiro atoms. The lowest BCUT2D eigenvalue weighted by Crippen LogP contribution is -2.37. The van der Waals surface area contributed by atoms with E-state index in [4.69, 9.17) is 33.2 Å². The number of carbonyl (C=O) groups is 2. The molecule has 0 aliphatic carbocycles. The van der Waals surface area contributed by atoms with Crippen molar-refractivity contribution in [1.82, 2.24) is 9.80 Å². The van der Waals surface area contributed by atoms with Crippen molar-refractivity contribution in [2.75, 3.05) is 119 Å². The third-order valence-corrected chi connectivity index (χ3v) is 11.0. The Kier molecular flexibility index (Phi) is 40.9. The van der Waals surface area contributed by atoms with Gasteiger partial charge in [0.2, 0.25) is 0 Å². The molecule has 59 heavy (non-hydrogen) atoms. The van der Waals surface area contributed by atoms with Crippen molar-refractivity contribution in [3.05, 3.63) is 0 Å². The van der Waals surface area contributed by atoms with Gasteiger partial charge in [0, 0.05) is 39.5 Å². The Bertz CT molecular complexity index is 850. The molecule has 0 amide bonds. The minimum atomic E-state index is -0.354. The standard InChI is InChI=1S/C48H94N2O9/c1-5-9-13-23-35-56-43-45(41-54-33-11-7-3)47(51)58-37-25-17-15-19-27-49(29-21-22-30-50-31-39-53-40-32-50)28-20-16-18-26-38-59-48(52)46(42-55-34-12-8-4)44-57-36-24-14-10-6-2/h45-46H,5-44H2,1-4H3.